The van der Waals surface area contributed by atoms with Crippen molar-refractivity contribution >= 4 is 11.8 Å². The molecule has 0 unspecified atom stereocenters. The maximum atomic E-state index is 12.2. The number of aromatic nitrogens is 2. The fourth-order valence-electron chi connectivity index (χ4n) is 3.23. The first-order chi connectivity index (χ1) is 11.8. The van der Waals surface area contributed by atoms with Crippen LogP contribution in [0.1, 0.15) is 62.3 Å². The Morgan fingerprint density at radius 3 is 2.44 bits per heavy atom. The molecule has 138 valence electrons. The lowest BCUT2D eigenvalue weighted by Gasteiger charge is -2.19. The van der Waals surface area contributed by atoms with E-state index in [-0.39, 0.29) is 23.7 Å². The van der Waals surface area contributed by atoms with Crippen LogP contribution in [0.25, 0.3) is 0 Å². The Labute approximate surface area is 150 Å². The van der Waals surface area contributed by atoms with Crippen molar-refractivity contribution in [3.63, 3.8) is 0 Å². The number of hydrogen-bond acceptors (Lipinski definition) is 4. The quantitative estimate of drug-likeness (QED) is 0.856. The molecule has 25 heavy (non-hydrogen) atoms. The molecule has 6 heteroatoms. The second-order valence-corrected chi connectivity index (χ2v) is 7.18. The summed E-state index contributed by atoms with van der Waals surface area (Å²) in [6.07, 6.45) is 2.14. The van der Waals surface area contributed by atoms with Gasteiger partial charge in [-0.3, -0.25) is 9.59 Å². The number of amides is 2. The minimum atomic E-state index is 0.0129. The van der Waals surface area contributed by atoms with Gasteiger partial charge in [0.15, 0.2) is 0 Å². The summed E-state index contributed by atoms with van der Waals surface area (Å²) in [5.74, 6) is 1.21. The van der Waals surface area contributed by atoms with Crippen molar-refractivity contribution in [3.05, 3.63) is 22.8 Å². The number of nitrogens with one attached hydrogen (secondary N) is 1. The number of hydrogen-bond donors (Lipinski definition) is 1. The fraction of sp³-hybridized carbons (Fsp3) is 0.684. The van der Waals surface area contributed by atoms with Crippen LogP contribution >= 0.6 is 0 Å². The lowest BCUT2D eigenvalue weighted by Crippen LogP contribution is -2.32. The van der Waals surface area contributed by atoms with E-state index >= 15 is 0 Å². The summed E-state index contributed by atoms with van der Waals surface area (Å²) >= 11 is 0. The highest BCUT2D eigenvalue weighted by molar-refractivity contribution is 5.79. The Balaban J connectivity index is 2.09. The van der Waals surface area contributed by atoms with Crippen LogP contribution in [0.3, 0.4) is 0 Å². The molecule has 1 aliphatic rings. The molecule has 1 aromatic heterocycles. The van der Waals surface area contributed by atoms with Gasteiger partial charge in [-0.1, -0.05) is 20.8 Å². The van der Waals surface area contributed by atoms with Gasteiger partial charge in [-0.25, -0.2) is 9.97 Å². The summed E-state index contributed by atoms with van der Waals surface area (Å²) in [5.41, 5.74) is 2.64. The van der Waals surface area contributed by atoms with Gasteiger partial charge in [0.2, 0.25) is 11.8 Å². The third-order valence-electron chi connectivity index (χ3n) is 4.71. The topological polar surface area (TPSA) is 75.2 Å². The minimum absolute atomic E-state index is 0.0129. The molecule has 1 aromatic rings. The first kappa shape index (κ1) is 19.3. The molecule has 1 N–H and O–H groups in total. The zero-order valence-electron chi connectivity index (χ0n) is 16.1. The molecule has 0 aromatic carbocycles. The highest BCUT2D eigenvalue weighted by Crippen LogP contribution is 2.27. The summed E-state index contributed by atoms with van der Waals surface area (Å²) in [4.78, 5) is 35.4. The van der Waals surface area contributed by atoms with Gasteiger partial charge in [0.1, 0.15) is 5.82 Å². The molecule has 1 atom stereocenters. The summed E-state index contributed by atoms with van der Waals surface area (Å²) in [7, 11) is 0. The number of aryl methyl sites for hydroxylation is 2. The lowest BCUT2D eigenvalue weighted by molar-refractivity contribution is -0.133. The Kier molecular flexibility index (Phi) is 6.51. The maximum Gasteiger partial charge on any atom is 0.225 e. The fourth-order valence-corrected chi connectivity index (χ4v) is 3.23. The number of carbonyl (C=O) groups is 2. The van der Waals surface area contributed by atoms with Gasteiger partial charge in [-0.2, -0.15) is 0 Å². The Hall–Kier alpha value is -1.98. The van der Waals surface area contributed by atoms with E-state index in [0.717, 1.165) is 42.2 Å². The van der Waals surface area contributed by atoms with E-state index in [4.69, 9.17) is 0 Å². The van der Waals surface area contributed by atoms with Gasteiger partial charge in [-0.05, 0) is 26.7 Å². The van der Waals surface area contributed by atoms with Crippen molar-refractivity contribution in [1.82, 2.24) is 20.2 Å². The Morgan fingerprint density at radius 2 is 1.88 bits per heavy atom. The molecule has 1 saturated heterocycles. The second kappa shape index (κ2) is 8.41. The van der Waals surface area contributed by atoms with E-state index < -0.39 is 0 Å². The van der Waals surface area contributed by atoms with Gasteiger partial charge in [-0.15, -0.1) is 0 Å². The first-order valence-electron chi connectivity index (χ1n) is 9.23. The smallest absolute Gasteiger partial charge is 0.225 e. The van der Waals surface area contributed by atoms with Crippen molar-refractivity contribution < 1.29 is 9.59 Å². The molecule has 6 nitrogen and oxygen atoms in total. The summed E-state index contributed by atoms with van der Waals surface area (Å²) in [6.45, 7) is 11.9. The van der Waals surface area contributed by atoms with Crippen LogP contribution in [-0.4, -0.2) is 46.3 Å². The molecule has 2 rings (SSSR count). The lowest BCUT2D eigenvalue weighted by atomic mass is 10.0. The van der Waals surface area contributed by atoms with E-state index in [0.29, 0.717) is 19.5 Å². The predicted molar refractivity (Wildman–Crippen MR) is 97.3 cm³/mol. The Morgan fingerprint density at radius 1 is 1.24 bits per heavy atom. The molecule has 0 radical (unpaired) electrons. The van der Waals surface area contributed by atoms with Crippen LogP contribution in [0, 0.1) is 19.8 Å². The standard InChI is InChI=1S/C19H30N4O2/c1-6-8-20-17(24)10-16-13(4)21-18(22-14(16)5)15-7-9-23(11-15)19(25)12(2)3/h12,15H,6-11H2,1-5H3,(H,20,24)/t15-/m0/s1. The number of nitrogens with zero attached hydrogens (tertiary/aromatic N) is 3. The minimum Gasteiger partial charge on any atom is -0.356 e. The van der Waals surface area contributed by atoms with E-state index in [1.165, 1.54) is 0 Å². The Bertz CT molecular complexity index is 619. The molecule has 1 fully saturated rings. The van der Waals surface area contributed by atoms with Gasteiger partial charge in [0, 0.05) is 48.4 Å². The highest BCUT2D eigenvalue weighted by atomic mass is 16.2. The summed E-state index contributed by atoms with van der Waals surface area (Å²) in [6, 6.07) is 0. The van der Waals surface area contributed by atoms with E-state index in [1.807, 2.05) is 39.5 Å². The van der Waals surface area contributed by atoms with E-state index in [1.54, 1.807) is 0 Å². The monoisotopic (exact) mass is 346 g/mol. The first-order valence-corrected chi connectivity index (χ1v) is 9.23. The largest absolute Gasteiger partial charge is 0.356 e. The summed E-state index contributed by atoms with van der Waals surface area (Å²) in [5, 5.41) is 2.90. The van der Waals surface area contributed by atoms with Crippen LogP contribution in [-0.2, 0) is 16.0 Å². The number of rotatable bonds is 6. The molecule has 0 saturated carbocycles. The van der Waals surface area contributed by atoms with Gasteiger partial charge < -0.3 is 10.2 Å². The number of likely N-dealkylation sites (tertiary alicyclic amines) is 1. The molecular formula is C19H30N4O2. The van der Waals surface area contributed by atoms with Crippen LogP contribution < -0.4 is 5.32 Å². The van der Waals surface area contributed by atoms with Gasteiger partial charge >= 0.3 is 0 Å². The molecule has 0 bridgehead atoms. The molecule has 0 aliphatic carbocycles. The predicted octanol–water partition coefficient (Wildman–Crippen LogP) is 2.13. The maximum absolute atomic E-state index is 12.2. The van der Waals surface area contributed by atoms with Crippen LogP contribution in [0.5, 0.6) is 0 Å². The van der Waals surface area contributed by atoms with Gasteiger partial charge in [0.25, 0.3) is 0 Å². The summed E-state index contributed by atoms with van der Waals surface area (Å²) < 4.78 is 0. The van der Waals surface area contributed by atoms with Crippen molar-refractivity contribution in [2.24, 2.45) is 5.92 Å². The highest BCUT2D eigenvalue weighted by Gasteiger charge is 2.30. The average Bonchev–Trinajstić information content (AvgIpc) is 3.05. The zero-order valence-corrected chi connectivity index (χ0v) is 16.1. The number of carbonyl (C=O) groups excluding carboxylic acids is 2. The SMILES string of the molecule is CCCNC(=O)Cc1c(C)nc([C@H]2CCN(C(=O)C(C)C)C2)nc1C. The van der Waals surface area contributed by atoms with Crippen molar-refractivity contribution in [1.29, 1.82) is 0 Å². The average molecular weight is 346 g/mol. The van der Waals surface area contributed by atoms with E-state index in [9.17, 15) is 9.59 Å². The van der Waals surface area contributed by atoms with E-state index in [2.05, 4.69) is 15.3 Å². The van der Waals surface area contributed by atoms with Crippen LogP contribution in [0.2, 0.25) is 0 Å². The third kappa shape index (κ3) is 4.77. The molecule has 2 amide bonds. The van der Waals surface area contributed by atoms with Crippen LogP contribution in [0.15, 0.2) is 0 Å². The second-order valence-electron chi connectivity index (χ2n) is 7.18. The third-order valence-corrected chi connectivity index (χ3v) is 4.71. The molecule has 1 aliphatic heterocycles. The molecule has 2 heterocycles. The van der Waals surface area contributed by atoms with Crippen molar-refractivity contribution in [2.75, 3.05) is 19.6 Å². The van der Waals surface area contributed by atoms with Crippen molar-refractivity contribution in [2.45, 2.75) is 59.8 Å². The van der Waals surface area contributed by atoms with Gasteiger partial charge in [0.05, 0.1) is 6.42 Å². The normalized spacial score (nSPS) is 17.2. The molecule has 0 spiro atoms. The van der Waals surface area contributed by atoms with Crippen molar-refractivity contribution in [3.8, 4) is 0 Å². The molecular weight excluding hydrogens is 316 g/mol. The van der Waals surface area contributed by atoms with Crippen LogP contribution in [0.4, 0.5) is 0 Å². The zero-order chi connectivity index (χ0) is 18.6.